The van der Waals surface area contributed by atoms with Crippen LogP contribution in [0.15, 0.2) is 24.3 Å². The molecule has 1 aromatic carbocycles. The van der Waals surface area contributed by atoms with Gasteiger partial charge >= 0.3 is 6.98 Å². The van der Waals surface area contributed by atoms with Crippen molar-refractivity contribution < 1.29 is 22.8 Å². The van der Waals surface area contributed by atoms with Crippen molar-refractivity contribution in [2.45, 2.75) is 12.0 Å². The highest BCUT2D eigenvalue weighted by Crippen LogP contribution is 2.20. The van der Waals surface area contributed by atoms with Crippen LogP contribution < -0.4 is 5.46 Å². The lowest BCUT2D eigenvalue weighted by atomic mass is 9.79. The summed E-state index contributed by atoms with van der Waals surface area (Å²) in [6.45, 7) is -4.72. The number of amides is 1. The quantitative estimate of drug-likeness (QED) is 0.608. The second-order valence-electron chi connectivity index (χ2n) is 4.79. The molecule has 0 aliphatic carbocycles. The molecule has 20 heavy (non-hydrogen) atoms. The number of aliphatic hydroxyl groups is 1. The zero-order valence-electron chi connectivity index (χ0n) is 10.7. The zero-order chi connectivity index (χ0) is 15.0. The van der Waals surface area contributed by atoms with E-state index in [0.29, 0.717) is 6.54 Å². The normalized spacial score (nSPS) is 22.6. The van der Waals surface area contributed by atoms with Gasteiger partial charge in [0.05, 0.1) is 0 Å². The van der Waals surface area contributed by atoms with Crippen molar-refractivity contribution in [1.29, 1.82) is 0 Å². The van der Waals surface area contributed by atoms with Crippen molar-refractivity contribution in [3.63, 3.8) is 0 Å². The summed E-state index contributed by atoms with van der Waals surface area (Å²) in [4.78, 5) is 13.0. The van der Waals surface area contributed by atoms with Crippen molar-refractivity contribution in [1.82, 2.24) is 4.90 Å². The molecule has 0 spiro atoms. The Hall–Kier alpha value is -1.94. The largest absolute Gasteiger partial charge is 0.509 e. The molecule has 7 heteroatoms. The first-order valence-corrected chi connectivity index (χ1v) is 6.03. The third kappa shape index (κ3) is 2.80. The molecule has 0 saturated carbocycles. The summed E-state index contributed by atoms with van der Waals surface area (Å²) in [6, 6.07) is 4.54. The van der Waals surface area contributed by atoms with E-state index in [2.05, 4.69) is 11.8 Å². The van der Waals surface area contributed by atoms with E-state index in [-0.39, 0.29) is 12.0 Å². The van der Waals surface area contributed by atoms with E-state index < -0.39 is 23.9 Å². The lowest BCUT2D eigenvalue weighted by Gasteiger charge is -2.15. The fraction of sp³-hybridized carbons (Fsp3) is 0.308. The number of halogens is 3. The van der Waals surface area contributed by atoms with E-state index in [1.165, 1.54) is 24.1 Å². The number of hydrogen-bond donors (Lipinski definition) is 1. The molecule has 1 heterocycles. The van der Waals surface area contributed by atoms with E-state index in [9.17, 15) is 22.8 Å². The molecule has 0 bridgehead atoms. The highest BCUT2D eigenvalue weighted by Gasteiger charge is 2.42. The molecule has 0 radical (unpaired) electrons. The van der Waals surface area contributed by atoms with Gasteiger partial charge in [0.15, 0.2) is 0 Å². The van der Waals surface area contributed by atoms with Gasteiger partial charge < -0.3 is 23.0 Å². The number of carbonyl (C=O) groups is 1. The Morgan fingerprint density at radius 3 is 2.65 bits per heavy atom. The maximum Gasteiger partial charge on any atom is 0.509 e. The fourth-order valence-electron chi connectivity index (χ4n) is 1.97. The van der Waals surface area contributed by atoms with Crippen LogP contribution in [0, 0.1) is 11.8 Å². The van der Waals surface area contributed by atoms with Gasteiger partial charge in [0.1, 0.15) is 0 Å². The Morgan fingerprint density at radius 2 is 2.10 bits per heavy atom. The number of likely N-dealkylation sites (N-methyl/N-ethyl adjacent to an activating group) is 1. The van der Waals surface area contributed by atoms with E-state index >= 15 is 0 Å². The number of nitrogens with zero attached hydrogens (tertiary/aromatic N) is 1. The van der Waals surface area contributed by atoms with E-state index in [0.717, 1.165) is 12.1 Å². The van der Waals surface area contributed by atoms with E-state index in [4.69, 9.17) is 0 Å². The van der Waals surface area contributed by atoms with Gasteiger partial charge in [0.2, 0.25) is 5.60 Å². The maximum atomic E-state index is 12.6. The van der Waals surface area contributed by atoms with Crippen molar-refractivity contribution in [2.75, 3.05) is 13.6 Å². The highest BCUT2D eigenvalue weighted by atomic mass is 19.4. The molecule has 1 fully saturated rings. The Bertz CT molecular complexity index is 606. The average Bonchev–Trinajstić information content (AvgIpc) is 2.65. The number of likely N-dealkylation sites (tertiary alicyclic amines) is 1. The van der Waals surface area contributed by atoms with Crippen LogP contribution in [0.3, 0.4) is 0 Å². The van der Waals surface area contributed by atoms with Gasteiger partial charge in [-0.1, -0.05) is 30.0 Å². The minimum absolute atomic E-state index is 0.123. The van der Waals surface area contributed by atoms with Gasteiger partial charge in [-0.3, -0.25) is 4.79 Å². The predicted octanol–water partition coefficient (Wildman–Crippen LogP) is 0.686. The van der Waals surface area contributed by atoms with Crippen LogP contribution in [0.2, 0.25) is 0 Å². The molecule has 1 amide bonds. The monoisotopic (exact) mass is 282 g/mol. The number of benzene rings is 1. The molecule has 1 N–H and O–H groups in total. The second-order valence-corrected chi connectivity index (χ2v) is 4.79. The molecule has 1 aliphatic rings. The molecule has 1 aliphatic heterocycles. The van der Waals surface area contributed by atoms with Crippen molar-refractivity contribution in [3.8, 4) is 11.8 Å². The fourth-order valence-corrected chi connectivity index (χ4v) is 1.97. The van der Waals surface area contributed by atoms with Crippen LogP contribution >= 0.6 is 0 Å². The number of carbonyl (C=O) groups excluding carboxylic acids is 1. The zero-order valence-corrected chi connectivity index (χ0v) is 10.7. The van der Waals surface area contributed by atoms with E-state index in [1.807, 2.05) is 0 Å². The van der Waals surface area contributed by atoms with E-state index in [1.54, 1.807) is 0 Å². The van der Waals surface area contributed by atoms with Gasteiger partial charge in [-0.25, -0.2) is 0 Å². The Balaban J connectivity index is 2.28. The SMILES string of the molecule is CN1CC[C@@](O)(C#Cc2cccc([B-](F)(F)F)c2)C1=O. The Morgan fingerprint density at radius 1 is 1.40 bits per heavy atom. The Kier molecular flexibility index (Phi) is 3.53. The molecular weight excluding hydrogens is 270 g/mol. The first-order chi connectivity index (χ1) is 9.22. The summed E-state index contributed by atoms with van der Waals surface area (Å²) < 4.78 is 37.8. The van der Waals surface area contributed by atoms with Gasteiger partial charge in [-0.2, -0.15) is 0 Å². The van der Waals surface area contributed by atoms with Crippen molar-refractivity contribution >= 4 is 18.3 Å². The number of rotatable bonds is 1. The van der Waals surface area contributed by atoms with Gasteiger partial charge in [0.25, 0.3) is 5.91 Å². The molecule has 1 aromatic rings. The number of hydrogen-bond acceptors (Lipinski definition) is 2. The smallest absolute Gasteiger partial charge is 0.445 e. The van der Waals surface area contributed by atoms with Gasteiger partial charge in [-0.05, 0) is 6.07 Å². The third-order valence-electron chi connectivity index (χ3n) is 3.19. The average molecular weight is 282 g/mol. The van der Waals surface area contributed by atoms with Crippen LogP contribution in [0.5, 0.6) is 0 Å². The standard InChI is InChI=1S/C13H12BF3NO2/c1-18-8-7-13(20,12(18)19)6-5-10-3-2-4-11(9-10)14(15,16)17/h2-4,9,20H,7-8H2,1H3/q-1/t13-/m0/s1. The molecule has 1 atom stereocenters. The summed E-state index contributed by atoms with van der Waals surface area (Å²) in [5.74, 6) is 4.31. The molecule has 0 unspecified atom stereocenters. The van der Waals surface area contributed by atoms with Crippen LogP contribution in [-0.4, -0.2) is 42.1 Å². The maximum absolute atomic E-state index is 12.6. The van der Waals surface area contributed by atoms with Gasteiger partial charge in [0, 0.05) is 25.6 Å². The van der Waals surface area contributed by atoms with Crippen LogP contribution in [0.25, 0.3) is 0 Å². The van der Waals surface area contributed by atoms with Crippen LogP contribution in [0.4, 0.5) is 12.9 Å². The molecule has 0 aromatic heterocycles. The Labute approximate surface area is 114 Å². The predicted molar refractivity (Wildman–Crippen MR) is 69.2 cm³/mol. The molecule has 2 rings (SSSR count). The highest BCUT2D eigenvalue weighted by molar-refractivity contribution is 6.73. The lowest BCUT2D eigenvalue weighted by Crippen LogP contribution is -2.37. The minimum Gasteiger partial charge on any atom is -0.445 e. The van der Waals surface area contributed by atoms with Crippen LogP contribution in [0.1, 0.15) is 12.0 Å². The van der Waals surface area contributed by atoms with Crippen molar-refractivity contribution in [2.24, 2.45) is 0 Å². The summed E-state index contributed by atoms with van der Waals surface area (Å²) in [6.07, 6.45) is 0.151. The second kappa shape index (κ2) is 4.87. The molecular formula is C13H12BF3NO2-. The third-order valence-corrected chi connectivity index (χ3v) is 3.19. The minimum atomic E-state index is -5.09. The lowest BCUT2D eigenvalue weighted by molar-refractivity contribution is -0.137. The topological polar surface area (TPSA) is 40.5 Å². The summed E-state index contributed by atoms with van der Waals surface area (Å²) in [5, 5.41) is 10.0. The first-order valence-electron chi connectivity index (χ1n) is 6.03. The van der Waals surface area contributed by atoms with Gasteiger partial charge in [-0.15, -0.1) is 5.46 Å². The first kappa shape index (κ1) is 14.5. The summed E-state index contributed by atoms with van der Waals surface area (Å²) in [7, 11) is 1.54. The molecule has 106 valence electrons. The van der Waals surface area contributed by atoms with Crippen molar-refractivity contribution in [3.05, 3.63) is 29.8 Å². The van der Waals surface area contributed by atoms with Crippen LogP contribution in [-0.2, 0) is 4.79 Å². The molecule has 3 nitrogen and oxygen atoms in total. The molecule has 1 saturated heterocycles. The summed E-state index contributed by atoms with van der Waals surface area (Å²) in [5.41, 5.74) is -2.43. The summed E-state index contributed by atoms with van der Waals surface area (Å²) >= 11 is 0.